The Balaban J connectivity index is 2.38. The molecule has 1 heterocycles. The van der Waals surface area contributed by atoms with Gasteiger partial charge in [-0.2, -0.15) is 10.1 Å². The van der Waals surface area contributed by atoms with Crippen LogP contribution < -0.4 is 10.9 Å². The van der Waals surface area contributed by atoms with Crippen molar-refractivity contribution in [1.82, 2.24) is 20.6 Å². The number of hydrogen-bond acceptors (Lipinski definition) is 4. The Kier molecular flexibility index (Phi) is 1.63. The number of anilines is 1. The van der Waals surface area contributed by atoms with Crippen LogP contribution in [0.1, 0.15) is 0 Å². The van der Waals surface area contributed by atoms with Gasteiger partial charge in [0.2, 0.25) is 12.4 Å². The Morgan fingerprint density at radius 3 is 3.22 bits per heavy atom. The molecule has 0 aliphatic rings. The van der Waals surface area contributed by atoms with E-state index in [1.54, 1.807) is 0 Å². The molecule has 6 nitrogen and oxygen atoms in total. The maximum atomic E-state index is 9.66. The number of nitrogens with one attached hydrogen (secondary N) is 3. The van der Waals surface area contributed by atoms with Crippen LogP contribution in [0.15, 0.2) is 6.33 Å². The van der Waals surface area contributed by atoms with Crippen LogP contribution in [0, 0.1) is 0 Å². The quantitative estimate of drug-likeness (QED) is 0.354. The molecule has 0 unspecified atom stereocenters. The summed E-state index contributed by atoms with van der Waals surface area (Å²) >= 11 is 0. The zero-order valence-electron chi connectivity index (χ0n) is 4.46. The van der Waals surface area contributed by atoms with E-state index in [0.717, 1.165) is 0 Å². The Labute approximate surface area is 50.6 Å². The van der Waals surface area contributed by atoms with Gasteiger partial charge in [0.1, 0.15) is 6.33 Å². The van der Waals surface area contributed by atoms with Crippen molar-refractivity contribution >= 4 is 12.4 Å². The third-order valence-corrected chi connectivity index (χ3v) is 0.665. The standard InChI is InChI=1S/C3H5N5O/c9-2-6-8-3-4-1-5-7-3/h1-2H,(H,6,9)(H2,4,5,7,8). The molecule has 1 rings (SSSR count). The van der Waals surface area contributed by atoms with Crippen LogP contribution in [0.5, 0.6) is 0 Å². The highest BCUT2D eigenvalue weighted by molar-refractivity contribution is 5.48. The Morgan fingerprint density at radius 2 is 2.67 bits per heavy atom. The molecule has 0 aliphatic carbocycles. The topological polar surface area (TPSA) is 82.7 Å². The van der Waals surface area contributed by atoms with Crippen molar-refractivity contribution in [2.45, 2.75) is 0 Å². The average molecular weight is 127 g/mol. The van der Waals surface area contributed by atoms with E-state index in [-0.39, 0.29) is 0 Å². The lowest BCUT2D eigenvalue weighted by Gasteiger charge is -1.94. The van der Waals surface area contributed by atoms with Gasteiger partial charge in [0, 0.05) is 0 Å². The highest BCUT2D eigenvalue weighted by atomic mass is 16.1. The summed E-state index contributed by atoms with van der Waals surface area (Å²) in [5.74, 6) is 0.405. The molecular weight excluding hydrogens is 122 g/mol. The maximum Gasteiger partial charge on any atom is 0.237 e. The van der Waals surface area contributed by atoms with Gasteiger partial charge in [0.05, 0.1) is 0 Å². The molecule has 9 heavy (non-hydrogen) atoms. The van der Waals surface area contributed by atoms with E-state index in [9.17, 15) is 4.79 Å². The van der Waals surface area contributed by atoms with Crippen molar-refractivity contribution in [2.24, 2.45) is 0 Å². The summed E-state index contributed by atoms with van der Waals surface area (Å²) in [5, 5.41) is 6.00. The lowest BCUT2D eigenvalue weighted by Crippen LogP contribution is -2.19. The van der Waals surface area contributed by atoms with E-state index < -0.39 is 0 Å². The maximum absolute atomic E-state index is 9.66. The van der Waals surface area contributed by atoms with E-state index in [2.05, 4.69) is 26.0 Å². The molecule has 1 aromatic rings. The first kappa shape index (κ1) is 5.54. The van der Waals surface area contributed by atoms with Crippen molar-refractivity contribution in [1.29, 1.82) is 0 Å². The van der Waals surface area contributed by atoms with Gasteiger partial charge in [0.15, 0.2) is 0 Å². The third kappa shape index (κ3) is 1.41. The SMILES string of the molecule is O=CNNc1ncn[nH]1. The first-order chi connectivity index (χ1) is 4.43. The number of H-pyrrole nitrogens is 1. The fourth-order valence-corrected chi connectivity index (χ4v) is 0.364. The predicted molar refractivity (Wildman–Crippen MR) is 29.2 cm³/mol. The summed E-state index contributed by atoms with van der Waals surface area (Å²) in [6, 6.07) is 0. The Hall–Kier alpha value is -1.59. The molecule has 0 fully saturated rings. The summed E-state index contributed by atoms with van der Waals surface area (Å²) in [4.78, 5) is 13.3. The molecule has 0 spiro atoms. The van der Waals surface area contributed by atoms with Gasteiger partial charge in [-0.15, -0.1) is 0 Å². The Bertz CT molecular complexity index is 170. The predicted octanol–water partition coefficient (Wildman–Crippen LogP) is -1.12. The number of rotatable bonds is 3. The van der Waals surface area contributed by atoms with Crippen LogP contribution >= 0.6 is 0 Å². The molecule has 6 heteroatoms. The molecule has 0 saturated heterocycles. The largest absolute Gasteiger partial charge is 0.277 e. The van der Waals surface area contributed by atoms with E-state index >= 15 is 0 Å². The van der Waals surface area contributed by atoms with Crippen molar-refractivity contribution < 1.29 is 4.79 Å². The number of hydrogen-bond donors (Lipinski definition) is 3. The second-order valence-electron chi connectivity index (χ2n) is 1.22. The second kappa shape index (κ2) is 2.65. The monoisotopic (exact) mass is 127 g/mol. The van der Waals surface area contributed by atoms with Crippen molar-refractivity contribution in [3.63, 3.8) is 0 Å². The van der Waals surface area contributed by atoms with Gasteiger partial charge in [-0.3, -0.25) is 15.6 Å². The number of hydrazine groups is 1. The lowest BCUT2D eigenvalue weighted by atomic mass is 11.1. The minimum absolute atomic E-state index is 0.405. The van der Waals surface area contributed by atoms with Crippen LogP contribution in [0.25, 0.3) is 0 Å². The molecule has 0 aromatic carbocycles. The number of nitrogens with zero attached hydrogens (tertiary/aromatic N) is 2. The first-order valence-corrected chi connectivity index (χ1v) is 2.24. The van der Waals surface area contributed by atoms with Crippen LogP contribution in [0.2, 0.25) is 0 Å². The second-order valence-corrected chi connectivity index (χ2v) is 1.22. The van der Waals surface area contributed by atoms with Gasteiger partial charge in [0.25, 0.3) is 0 Å². The number of aromatic nitrogens is 3. The highest BCUT2D eigenvalue weighted by Gasteiger charge is 1.87. The van der Waals surface area contributed by atoms with E-state index in [0.29, 0.717) is 12.4 Å². The average Bonchev–Trinajstić information content (AvgIpc) is 2.34. The van der Waals surface area contributed by atoms with E-state index in [1.165, 1.54) is 6.33 Å². The summed E-state index contributed by atoms with van der Waals surface area (Å²) < 4.78 is 0. The summed E-state index contributed by atoms with van der Waals surface area (Å²) in [6.07, 6.45) is 1.83. The highest BCUT2D eigenvalue weighted by Crippen LogP contribution is 1.85. The van der Waals surface area contributed by atoms with Gasteiger partial charge in [-0.1, -0.05) is 0 Å². The minimum atomic E-state index is 0.405. The molecule has 48 valence electrons. The molecule has 1 amide bonds. The Morgan fingerprint density at radius 1 is 1.78 bits per heavy atom. The summed E-state index contributed by atoms with van der Waals surface area (Å²) in [7, 11) is 0. The zero-order chi connectivity index (χ0) is 6.53. The van der Waals surface area contributed by atoms with Crippen LogP contribution in [0.4, 0.5) is 5.95 Å². The molecule has 0 aliphatic heterocycles. The van der Waals surface area contributed by atoms with E-state index in [4.69, 9.17) is 0 Å². The fourth-order valence-electron chi connectivity index (χ4n) is 0.364. The molecule has 0 radical (unpaired) electrons. The van der Waals surface area contributed by atoms with Crippen molar-refractivity contribution in [2.75, 3.05) is 5.43 Å². The molecule has 1 aromatic heterocycles. The lowest BCUT2D eigenvalue weighted by molar-refractivity contribution is -0.109. The van der Waals surface area contributed by atoms with Gasteiger partial charge < -0.3 is 0 Å². The first-order valence-electron chi connectivity index (χ1n) is 2.24. The van der Waals surface area contributed by atoms with Crippen molar-refractivity contribution in [3.05, 3.63) is 6.33 Å². The number of amides is 1. The van der Waals surface area contributed by atoms with E-state index in [1.807, 2.05) is 0 Å². The third-order valence-electron chi connectivity index (χ3n) is 0.665. The number of carbonyl (C=O) groups excluding carboxylic acids is 1. The normalized spacial score (nSPS) is 8.44. The number of carbonyl (C=O) groups is 1. The summed E-state index contributed by atoms with van der Waals surface area (Å²) in [5.41, 5.74) is 4.61. The molecular formula is C3H5N5O. The minimum Gasteiger partial charge on any atom is -0.277 e. The molecule has 0 atom stereocenters. The van der Waals surface area contributed by atoms with Crippen LogP contribution in [-0.4, -0.2) is 21.6 Å². The smallest absolute Gasteiger partial charge is 0.237 e. The molecule has 0 saturated carbocycles. The molecule has 0 bridgehead atoms. The van der Waals surface area contributed by atoms with Gasteiger partial charge in [-0.05, 0) is 0 Å². The van der Waals surface area contributed by atoms with Gasteiger partial charge in [-0.25, -0.2) is 5.10 Å². The fraction of sp³-hybridized carbons (Fsp3) is 0. The van der Waals surface area contributed by atoms with Crippen molar-refractivity contribution in [3.8, 4) is 0 Å². The van der Waals surface area contributed by atoms with Crippen LogP contribution in [-0.2, 0) is 4.79 Å². The zero-order valence-corrected chi connectivity index (χ0v) is 4.46. The molecule has 3 N–H and O–H groups in total. The van der Waals surface area contributed by atoms with Gasteiger partial charge >= 0.3 is 0 Å². The summed E-state index contributed by atoms with van der Waals surface area (Å²) in [6.45, 7) is 0. The number of aromatic amines is 1. The van der Waals surface area contributed by atoms with Crippen LogP contribution in [0.3, 0.4) is 0 Å².